The molecule has 1 aliphatic rings. The molecular weight excluding hydrogens is 352 g/mol. The summed E-state index contributed by atoms with van der Waals surface area (Å²) in [4.78, 5) is 17.4. The van der Waals surface area contributed by atoms with Crippen LogP contribution >= 0.6 is 0 Å². The number of piperazine rings is 1. The van der Waals surface area contributed by atoms with Crippen molar-refractivity contribution in [3.05, 3.63) is 18.5 Å². The zero-order valence-electron chi connectivity index (χ0n) is 16.1. The molecule has 9 heteroatoms. The second-order valence-electron chi connectivity index (χ2n) is 7.47. The summed E-state index contributed by atoms with van der Waals surface area (Å²) in [5, 5.41) is 3.40. The van der Waals surface area contributed by atoms with Gasteiger partial charge in [-0.15, -0.1) is 0 Å². The third-order valence-corrected chi connectivity index (χ3v) is 5.45. The highest BCUT2D eigenvalue weighted by atomic mass is 32.2. The topological polar surface area (TPSA) is 90.8 Å². The molecule has 0 bridgehead atoms. The molecule has 8 nitrogen and oxygen atoms in total. The molecular formula is C17H30N6O2S. The van der Waals surface area contributed by atoms with Crippen molar-refractivity contribution >= 4 is 21.7 Å². The van der Waals surface area contributed by atoms with Gasteiger partial charge in [-0.1, -0.05) is 13.8 Å². The minimum Gasteiger partial charge on any atom is -0.356 e. The average molecular weight is 383 g/mol. The van der Waals surface area contributed by atoms with Crippen LogP contribution in [-0.4, -0.2) is 81.0 Å². The van der Waals surface area contributed by atoms with E-state index in [0.717, 1.165) is 38.1 Å². The molecule has 0 radical (unpaired) electrons. The van der Waals surface area contributed by atoms with Gasteiger partial charge in [0.1, 0.15) is 9.84 Å². The number of aromatic nitrogens is 2. The van der Waals surface area contributed by atoms with Gasteiger partial charge in [0.25, 0.3) is 0 Å². The van der Waals surface area contributed by atoms with Crippen LogP contribution in [0.1, 0.15) is 20.3 Å². The van der Waals surface area contributed by atoms with Gasteiger partial charge < -0.3 is 15.1 Å². The fraction of sp³-hybridized carbons (Fsp3) is 0.706. The molecule has 0 atom stereocenters. The van der Waals surface area contributed by atoms with Crippen LogP contribution in [-0.2, 0) is 9.84 Å². The summed E-state index contributed by atoms with van der Waals surface area (Å²) in [5.74, 6) is 1.82. The maximum Gasteiger partial charge on any atom is 0.225 e. The monoisotopic (exact) mass is 382 g/mol. The standard InChI is InChI=1S/C17H30N6O2S/c1-17(2,6-13-26(4,24)25)14-21-15(18-3)22-9-11-23(12-10-22)16-19-7-5-8-20-16/h5,7-8H,6,9-14H2,1-4H3,(H,18,21). The number of hydrogen-bond acceptors (Lipinski definition) is 6. The van der Waals surface area contributed by atoms with Gasteiger partial charge in [-0.25, -0.2) is 18.4 Å². The summed E-state index contributed by atoms with van der Waals surface area (Å²) in [6.07, 6.45) is 5.42. The lowest BCUT2D eigenvalue weighted by molar-refractivity contribution is 0.326. The Hall–Kier alpha value is -1.90. The Morgan fingerprint density at radius 2 is 1.85 bits per heavy atom. The van der Waals surface area contributed by atoms with Gasteiger partial charge in [-0.3, -0.25) is 4.99 Å². The van der Waals surface area contributed by atoms with Crippen molar-refractivity contribution in [3.63, 3.8) is 0 Å². The van der Waals surface area contributed by atoms with E-state index in [2.05, 4.69) is 43.9 Å². The highest BCUT2D eigenvalue weighted by Gasteiger charge is 2.24. The molecule has 146 valence electrons. The Bertz CT molecular complexity index is 697. The molecule has 0 amide bonds. The van der Waals surface area contributed by atoms with Crippen LogP contribution in [0.2, 0.25) is 0 Å². The lowest BCUT2D eigenvalue weighted by Gasteiger charge is -2.37. The van der Waals surface area contributed by atoms with Gasteiger partial charge in [-0.2, -0.15) is 0 Å². The molecule has 2 rings (SSSR count). The zero-order chi connectivity index (χ0) is 19.2. The highest BCUT2D eigenvalue weighted by molar-refractivity contribution is 7.90. The predicted octanol–water partition coefficient (Wildman–Crippen LogP) is 0.635. The molecule has 0 unspecified atom stereocenters. The first-order valence-electron chi connectivity index (χ1n) is 8.85. The van der Waals surface area contributed by atoms with Crippen LogP contribution in [0.4, 0.5) is 5.95 Å². The van der Waals surface area contributed by atoms with Gasteiger partial charge in [0, 0.05) is 58.4 Å². The largest absolute Gasteiger partial charge is 0.356 e. The Balaban J connectivity index is 1.84. The Morgan fingerprint density at radius 3 is 2.38 bits per heavy atom. The van der Waals surface area contributed by atoms with Crippen molar-refractivity contribution in [2.75, 3.05) is 56.7 Å². The van der Waals surface area contributed by atoms with Crippen molar-refractivity contribution in [3.8, 4) is 0 Å². The maximum atomic E-state index is 11.4. The smallest absolute Gasteiger partial charge is 0.225 e. The number of hydrogen-bond donors (Lipinski definition) is 1. The van der Waals surface area contributed by atoms with Gasteiger partial charge in [0.2, 0.25) is 5.95 Å². The first kappa shape index (κ1) is 20.4. The van der Waals surface area contributed by atoms with Crippen LogP contribution < -0.4 is 10.2 Å². The van der Waals surface area contributed by atoms with Gasteiger partial charge in [0.05, 0.1) is 5.75 Å². The lowest BCUT2D eigenvalue weighted by Crippen LogP contribution is -2.54. The summed E-state index contributed by atoms with van der Waals surface area (Å²) in [7, 11) is -1.16. The van der Waals surface area contributed by atoms with E-state index in [0.29, 0.717) is 13.0 Å². The highest BCUT2D eigenvalue weighted by Crippen LogP contribution is 2.20. The second kappa shape index (κ2) is 8.66. The van der Waals surface area contributed by atoms with Gasteiger partial charge >= 0.3 is 0 Å². The third-order valence-electron chi connectivity index (χ3n) is 4.50. The molecule has 1 aromatic rings. The van der Waals surface area contributed by atoms with Crippen molar-refractivity contribution in [2.24, 2.45) is 10.4 Å². The molecule has 0 aromatic carbocycles. The number of rotatable bonds is 6. The molecule has 2 heterocycles. The fourth-order valence-corrected chi connectivity index (χ4v) is 3.70. The number of nitrogens with zero attached hydrogens (tertiary/aromatic N) is 5. The van der Waals surface area contributed by atoms with E-state index in [-0.39, 0.29) is 11.2 Å². The van der Waals surface area contributed by atoms with Crippen molar-refractivity contribution in [1.29, 1.82) is 0 Å². The van der Waals surface area contributed by atoms with E-state index in [4.69, 9.17) is 0 Å². The average Bonchev–Trinajstić information content (AvgIpc) is 2.61. The van der Waals surface area contributed by atoms with Gasteiger partial charge in [0.15, 0.2) is 5.96 Å². The van der Waals surface area contributed by atoms with E-state index in [1.54, 1.807) is 19.4 Å². The lowest BCUT2D eigenvalue weighted by atomic mass is 9.90. The normalized spacial score (nSPS) is 16.7. The first-order chi connectivity index (χ1) is 12.2. The predicted molar refractivity (Wildman–Crippen MR) is 105 cm³/mol. The minimum atomic E-state index is -2.94. The van der Waals surface area contributed by atoms with Crippen molar-refractivity contribution in [1.82, 2.24) is 20.2 Å². The number of guanidine groups is 1. The van der Waals surface area contributed by atoms with Crippen LogP contribution in [0.25, 0.3) is 0 Å². The summed E-state index contributed by atoms with van der Waals surface area (Å²) in [6, 6.07) is 1.82. The molecule has 0 spiro atoms. The van der Waals surface area contributed by atoms with Crippen LogP contribution in [0.15, 0.2) is 23.5 Å². The van der Waals surface area contributed by atoms with Crippen molar-refractivity contribution < 1.29 is 8.42 Å². The fourth-order valence-electron chi connectivity index (χ4n) is 2.77. The second-order valence-corrected chi connectivity index (χ2v) is 9.73. The van der Waals surface area contributed by atoms with Crippen LogP contribution in [0, 0.1) is 5.41 Å². The zero-order valence-corrected chi connectivity index (χ0v) is 17.0. The van der Waals surface area contributed by atoms with Gasteiger partial charge in [-0.05, 0) is 17.9 Å². The number of anilines is 1. The summed E-state index contributed by atoms with van der Waals surface area (Å²) >= 11 is 0. The Labute approximate surface area is 156 Å². The molecule has 1 aromatic heterocycles. The SMILES string of the molecule is CN=C(NCC(C)(C)CCS(C)(=O)=O)N1CCN(c2ncccn2)CC1. The Kier molecular flexibility index (Phi) is 6.80. The first-order valence-corrected chi connectivity index (χ1v) is 10.9. The van der Waals surface area contributed by atoms with Crippen molar-refractivity contribution in [2.45, 2.75) is 20.3 Å². The van der Waals surface area contributed by atoms with E-state index in [9.17, 15) is 8.42 Å². The van der Waals surface area contributed by atoms with E-state index >= 15 is 0 Å². The molecule has 26 heavy (non-hydrogen) atoms. The molecule has 0 saturated carbocycles. The quantitative estimate of drug-likeness (QED) is 0.570. The molecule has 1 N–H and O–H groups in total. The van der Waals surface area contributed by atoms with Crippen LogP contribution in [0.3, 0.4) is 0 Å². The number of sulfone groups is 1. The number of nitrogens with one attached hydrogen (secondary N) is 1. The van der Waals surface area contributed by atoms with Crippen LogP contribution in [0.5, 0.6) is 0 Å². The molecule has 1 fully saturated rings. The van der Waals surface area contributed by atoms with E-state index in [1.807, 2.05) is 6.07 Å². The summed E-state index contributed by atoms with van der Waals surface area (Å²) in [6.45, 7) is 8.16. The summed E-state index contributed by atoms with van der Waals surface area (Å²) < 4.78 is 22.8. The molecule has 0 aliphatic carbocycles. The third kappa shape index (κ3) is 6.44. The number of aliphatic imine (C=N–C) groups is 1. The Morgan fingerprint density at radius 1 is 1.23 bits per heavy atom. The molecule has 1 aliphatic heterocycles. The minimum absolute atomic E-state index is 0.126. The molecule has 1 saturated heterocycles. The summed E-state index contributed by atoms with van der Waals surface area (Å²) in [5.41, 5.74) is -0.126. The van der Waals surface area contributed by atoms with E-state index < -0.39 is 9.84 Å². The van der Waals surface area contributed by atoms with E-state index in [1.165, 1.54) is 6.26 Å². The maximum absolute atomic E-state index is 11.4.